The van der Waals surface area contributed by atoms with Crippen LogP contribution in [0.3, 0.4) is 0 Å². The topological polar surface area (TPSA) is 79.2 Å². The Hall–Kier alpha value is -3.10. The van der Waals surface area contributed by atoms with E-state index in [9.17, 15) is 14.9 Å². The average molecular weight is 411 g/mol. The first-order valence-electron chi connectivity index (χ1n) is 9.17. The van der Waals surface area contributed by atoms with Gasteiger partial charge in [0.2, 0.25) is 0 Å². The molecular formula is C23H23ClN2O3. The molecule has 0 spiro atoms. The number of nitriles is 1. The normalized spacial score (nSPS) is 13.3. The van der Waals surface area contributed by atoms with Gasteiger partial charge in [-0.25, -0.2) is 4.79 Å². The van der Waals surface area contributed by atoms with Crippen molar-refractivity contribution >= 4 is 35.1 Å². The van der Waals surface area contributed by atoms with Crippen LogP contribution in [0.4, 0.5) is 0 Å². The minimum atomic E-state index is -1.04. The maximum absolute atomic E-state index is 12.7. The van der Waals surface area contributed by atoms with Crippen molar-refractivity contribution in [2.45, 2.75) is 26.3 Å². The molecule has 29 heavy (non-hydrogen) atoms. The first-order chi connectivity index (χ1) is 13.7. The summed E-state index contributed by atoms with van der Waals surface area (Å²) in [5.41, 5.74) is 0.693. The van der Waals surface area contributed by atoms with Crippen molar-refractivity contribution in [2.75, 3.05) is 6.61 Å². The third kappa shape index (κ3) is 6.20. The summed E-state index contributed by atoms with van der Waals surface area (Å²) in [6, 6.07) is 18.2. The molecule has 0 aromatic heterocycles. The molecule has 2 aromatic rings. The number of carbonyl (C=O) groups excluding carboxylic acids is 2. The van der Waals surface area contributed by atoms with Gasteiger partial charge in [-0.15, -0.1) is 0 Å². The Morgan fingerprint density at radius 2 is 1.79 bits per heavy atom. The number of amides is 1. The fourth-order valence-corrected chi connectivity index (χ4v) is 2.57. The molecule has 0 fully saturated rings. The summed E-state index contributed by atoms with van der Waals surface area (Å²) in [5.74, 6) is -1.28. The number of carbonyl (C=O) groups is 2. The standard InChI is InChI=1S/C23H23ClN2O3/c1-16(2)23(3,15-25)26-21(27)14-29-22(28)20(13-17-7-5-4-6-8-17)18-9-11-19(24)12-10-18/h4-13,16H,14H2,1-3H3,(H,26,27)/b20-13+/t23-/m1/s1. The SMILES string of the molecule is CC(C)[C@@](C)(C#N)NC(=O)COC(=O)/C(=C/c1ccccc1)c1ccc(Cl)cc1. The van der Waals surface area contributed by atoms with Crippen molar-refractivity contribution in [1.82, 2.24) is 5.32 Å². The van der Waals surface area contributed by atoms with Gasteiger partial charge in [-0.05, 0) is 42.2 Å². The molecular weight excluding hydrogens is 388 g/mol. The van der Waals surface area contributed by atoms with E-state index < -0.39 is 24.0 Å². The molecule has 0 saturated heterocycles. The van der Waals surface area contributed by atoms with Gasteiger partial charge < -0.3 is 10.1 Å². The summed E-state index contributed by atoms with van der Waals surface area (Å²) in [6.45, 7) is 4.81. The molecule has 0 radical (unpaired) electrons. The molecule has 6 heteroatoms. The van der Waals surface area contributed by atoms with E-state index in [1.165, 1.54) is 0 Å². The third-order valence-electron chi connectivity index (χ3n) is 4.61. The summed E-state index contributed by atoms with van der Waals surface area (Å²) in [6.07, 6.45) is 1.69. The molecule has 0 bridgehead atoms. The van der Waals surface area contributed by atoms with E-state index in [1.807, 2.05) is 44.2 Å². The van der Waals surface area contributed by atoms with Crippen molar-refractivity contribution in [3.05, 3.63) is 70.7 Å². The molecule has 1 N–H and O–H groups in total. The fraction of sp³-hybridized carbons (Fsp3) is 0.261. The highest BCUT2D eigenvalue weighted by Gasteiger charge is 2.30. The summed E-state index contributed by atoms with van der Waals surface area (Å²) in [4.78, 5) is 25.0. The number of nitrogens with one attached hydrogen (secondary N) is 1. The predicted molar refractivity (Wildman–Crippen MR) is 114 cm³/mol. The molecule has 0 aliphatic carbocycles. The van der Waals surface area contributed by atoms with Gasteiger partial charge in [0.25, 0.3) is 5.91 Å². The highest BCUT2D eigenvalue weighted by atomic mass is 35.5. The first kappa shape index (κ1) is 22.2. The summed E-state index contributed by atoms with van der Waals surface area (Å²) < 4.78 is 5.23. The zero-order valence-electron chi connectivity index (χ0n) is 16.6. The van der Waals surface area contributed by atoms with Gasteiger partial charge in [0.05, 0.1) is 11.6 Å². The maximum atomic E-state index is 12.7. The molecule has 0 heterocycles. The second kappa shape index (κ2) is 9.90. The third-order valence-corrected chi connectivity index (χ3v) is 4.86. The quantitative estimate of drug-likeness (QED) is 0.414. The van der Waals surface area contributed by atoms with Crippen molar-refractivity contribution in [2.24, 2.45) is 5.92 Å². The number of benzene rings is 2. The van der Waals surface area contributed by atoms with E-state index in [0.29, 0.717) is 16.2 Å². The number of halogens is 1. The maximum Gasteiger partial charge on any atom is 0.339 e. The van der Waals surface area contributed by atoms with Gasteiger partial charge in [0, 0.05) is 5.02 Å². The van der Waals surface area contributed by atoms with Crippen molar-refractivity contribution in [3.8, 4) is 6.07 Å². The second-order valence-electron chi connectivity index (χ2n) is 7.07. The van der Waals surface area contributed by atoms with Crippen molar-refractivity contribution in [3.63, 3.8) is 0 Å². The summed E-state index contributed by atoms with van der Waals surface area (Å²) in [5, 5.41) is 12.5. The number of nitrogens with zero attached hydrogens (tertiary/aromatic N) is 1. The second-order valence-corrected chi connectivity index (χ2v) is 7.51. The molecule has 1 atom stereocenters. The Kier molecular flexibility index (Phi) is 7.58. The van der Waals surface area contributed by atoms with Crippen LogP contribution >= 0.6 is 11.6 Å². The molecule has 150 valence electrons. The van der Waals surface area contributed by atoms with Crippen molar-refractivity contribution < 1.29 is 14.3 Å². The van der Waals surface area contributed by atoms with Gasteiger partial charge in [-0.3, -0.25) is 4.79 Å². The monoisotopic (exact) mass is 410 g/mol. The Bertz CT molecular complexity index is 931. The summed E-state index contributed by atoms with van der Waals surface area (Å²) in [7, 11) is 0. The Morgan fingerprint density at radius 3 is 2.34 bits per heavy atom. The van der Waals surface area contributed by atoms with Crippen LogP contribution in [0.2, 0.25) is 5.02 Å². The Labute approximate surface area is 175 Å². The zero-order valence-corrected chi connectivity index (χ0v) is 17.4. The van der Waals surface area contributed by atoms with Gasteiger partial charge in [0.15, 0.2) is 6.61 Å². The lowest BCUT2D eigenvalue weighted by Crippen LogP contribution is -2.50. The molecule has 2 rings (SSSR count). The van der Waals surface area contributed by atoms with E-state index in [2.05, 4.69) is 11.4 Å². The lowest BCUT2D eigenvalue weighted by molar-refractivity contribution is -0.143. The van der Waals surface area contributed by atoms with Crippen LogP contribution in [0.1, 0.15) is 31.9 Å². The highest BCUT2D eigenvalue weighted by Crippen LogP contribution is 2.22. The van der Waals surface area contributed by atoms with Crippen LogP contribution in [0.5, 0.6) is 0 Å². The smallest absolute Gasteiger partial charge is 0.339 e. The number of hydrogen-bond acceptors (Lipinski definition) is 4. The van der Waals surface area contributed by atoms with E-state index in [0.717, 1.165) is 5.56 Å². The van der Waals surface area contributed by atoms with Crippen molar-refractivity contribution in [1.29, 1.82) is 5.26 Å². The van der Waals surface area contributed by atoms with E-state index in [4.69, 9.17) is 16.3 Å². The molecule has 0 aliphatic rings. The van der Waals surface area contributed by atoms with Crippen LogP contribution in [-0.4, -0.2) is 24.0 Å². The van der Waals surface area contributed by atoms with Gasteiger partial charge in [-0.1, -0.05) is 67.9 Å². The highest BCUT2D eigenvalue weighted by molar-refractivity contribution is 6.30. The fourth-order valence-electron chi connectivity index (χ4n) is 2.44. The number of esters is 1. The Morgan fingerprint density at radius 1 is 1.17 bits per heavy atom. The van der Waals surface area contributed by atoms with E-state index in [-0.39, 0.29) is 5.92 Å². The lowest BCUT2D eigenvalue weighted by Gasteiger charge is -2.27. The average Bonchev–Trinajstić information content (AvgIpc) is 2.71. The van der Waals surface area contributed by atoms with Crippen LogP contribution in [0.15, 0.2) is 54.6 Å². The van der Waals surface area contributed by atoms with Crippen LogP contribution in [0, 0.1) is 17.2 Å². The van der Waals surface area contributed by atoms with E-state index in [1.54, 1.807) is 37.3 Å². The van der Waals surface area contributed by atoms with E-state index >= 15 is 0 Å². The van der Waals surface area contributed by atoms with Gasteiger partial charge in [0.1, 0.15) is 5.54 Å². The predicted octanol–water partition coefficient (Wildman–Crippen LogP) is 4.48. The van der Waals surface area contributed by atoms with Crippen LogP contribution in [0.25, 0.3) is 11.6 Å². The molecule has 5 nitrogen and oxygen atoms in total. The first-order valence-corrected chi connectivity index (χ1v) is 9.55. The van der Waals surface area contributed by atoms with Gasteiger partial charge in [-0.2, -0.15) is 5.26 Å². The molecule has 1 amide bonds. The number of ether oxygens (including phenoxy) is 1. The van der Waals surface area contributed by atoms with Crippen LogP contribution < -0.4 is 5.32 Å². The minimum Gasteiger partial charge on any atom is -0.452 e. The molecule has 2 aromatic carbocycles. The van der Waals surface area contributed by atoms with Gasteiger partial charge >= 0.3 is 5.97 Å². The number of hydrogen-bond donors (Lipinski definition) is 1. The zero-order chi connectivity index (χ0) is 21.4. The molecule has 0 aliphatic heterocycles. The minimum absolute atomic E-state index is 0.102. The largest absolute Gasteiger partial charge is 0.452 e. The van der Waals surface area contributed by atoms with Crippen LogP contribution in [-0.2, 0) is 14.3 Å². The number of rotatable bonds is 7. The Balaban J connectivity index is 2.18. The lowest BCUT2D eigenvalue weighted by atomic mass is 9.90. The molecule has 0 unspecified atom stereocenters. The molecule has 0 saturated carbocycles. The summed E-state index contributed by atoms with van der Waals surface area (Å²) >= 11 is 5.94.